The lowest BCUT2D eigenvalue weighted by Crippen LogP contribution is -2.64. The minimum Gasteiger partial charge on any atom is -0.456 e. The van der Waals surface area contributed by atoms with Crippen LogP contribution in [0, 0.1) is 29.6 Å². The van der Waals surface area contributed by atoms with E-state index in [1.165, 1.54) is 19.1 Å². The molecule has 1 saturated carbocycles. The Bertz CT molecular complexity index is 1540. The second-order valence-electron chi connectivity index (χ2n) is 17.2. The van der Waals surface area contributed by atoms with Gasteiger partial charge < -0.3 is 43.9 Å². The number of fused-ring (bicyclic) bond motifs is 3. The Balaban J connectivity index is 1.82. The Morgan fingerprint density at radius 3 is 2.32 bits per heavy atom. The van der Waals surface area contributed by atoms with Crippen LogP contribution >= 0.6 is 0 Å². The number of hydrogen-bond donors (Lipinski definition) is 3. The van der Waals surface area contributed by atoms with Crippen molar-refractivity contribution in [3.63, 3.8) is 0 Å². The van der Waals surface area contributed by atoms with Crippen molar-refractivity contribution in [2.24, 2.45) is 29.6 Å². The van der Waals surface area contributed by atoms with E-state index >= 15 is 0 Å². The van der Waals surface area contributed by atoms with E-state index < -0.39 is 77.8 Å². The van der Waals surface area contributed by atoms with E-state index in [9.17, 15) is 19.2 Å². The number of aliphatic hydroxyl groups excluding tert-OH is 2. The van der Waals surface area contributed by atoms with Gasteiger partial charge in [-0.1, -0.05) is 44.6 Å². The molecule has 14 atom stereocenters. The number of nitrogens with zero attached hydrogens (tertiary/aromatic N) is 1. The number of esters is 1. The maximum Gasteiger partial charge on any atom is 0.329 e. The number of cyclic esters (lactones) is 1. The number of Topliss-reactive ketones (excluding diaryl/α,β-unsaturated/α-hetero) is 2. The molecule has 3 N–H and O–H groups in total. The van der Waals surface area contributed by atoms with Gasteiger partial charge in [0.05, 0.1) is 30.5 Å². The lowest BCUT2D eigenvalue weighted by molar-refractivity contribution is -0.302. The normalized spacial score (nSPS) is 41.6. The minimum absolute atomic E-state index is 0.00486. The summed E-state index contributed by atoms with van der Waals surface area (Å²) in [6.45, 7) is 13.2. The Morgan fingerprint density at radius 2 is 1.67 bits per heavy atom. The van der Waals surface area contributed by atoms with Crippen LogP contribution < -0.4 is 0 Å². The Labute approximate surface area is 343 Å². The number of carbonyl (C=O) groups is 4. The molecule has 1 aliphatic carbocycles. The molecule has 1 unspecified atom stereocenters. The first kappa shape index (κ1) is 42.3. The molecule has 13 heteroatoms. The first-order valence-electron chi connectivity index (χ1n) is 22.0. The van der Waals surface area contributed by atoms with E-state index in [1.807, 2.05) is 32.9 Å². The van der Waals surface area contributed by atoms with Gasteiger partial charge in [-0.2, -0.15) is 0 Å². The molecule has 0 radical (unpaired) electrons. The number of hydrogen-bond acceptors (Lipinski definition) is 12. The van der Waals surface area contributed by atoms with Crippen molar-refractivity contribution in [2.45, 2.75) is 160 Å². The second-order valence-corrected chi connectivity index (χ2v) is 17.2. The molecule has 57 heavy (non-hydrogen) atoms. The summed E-state index contributed by atoms with van der Waals surface area (Å²) in [4.78, 5) is 58.7. The second kappa shape index (κ2) is 21.0. The van der Waals surface area contributed by atoms with Gasteiger partial charge in [-0.25, -0.2) is 4.79 Å². The van der Waals surface area contributed by atoms with Gasteiger partial charge in [0.2, 0.25) is 10.1 Å². The summed E-state index contributed by atoms with van der Waals surface area (Å²) in [6, 6.07) is -1.16. The number of carbonyl (C=O) groups excluding carboxylic acids is 4. The monoisotopic (exact) mass is 807 g/mol. The molecular formula is C44H69NO12. The van der Waals surface area contributed by atoms with Crippen LogP contribution in [-0.2, 0) is 42.9 Å². The molecule has 0 spiro atoms. The average Bonchev–Trinajstić information content (AvgIpc) is 3.24. The number of methoxy groups -OCH3 is 3. The Kier molecular flexibility index (Phi) is 15.6. The summed E-state index contributed by atoms with van der Waals surface area (Å²) >= 11 is 0. The summed E-state index contributed by atoms with van der Waals surface area (Å²) in [5, 5.41) is 15.4. The molecular weight excluding hydrogens is 734 g/mol. The van der Waals surface area contributed by atoms with Crippen LogP contribution in [0.15, 0.2) is 36.0 Å². The molecule has 4 rings (SSSR count). The predicted octanol–water partition coefficient (Wildman–Crippen LogP) is 4.64. The smallest absolute Gasteiger partial charge is 0.329 e. The number of piperidine rings is 1. The highest BCUT2D eigenvalue weighted by molar-refractivity contribution is 6.39. The van der Waals surface area contributed by atoms with Gasteiger partial charge in [0.1, 0.15) is 24.0 Å². The van der Waals surface area contributed by atoms with Crippen molar-refractivity contribution in [2.75, 3.05) is 27.9 Å². The summed E-state index contributed by atoms with van der Waals surface area (Å²) in [5.41, 5.74) is 1.61. The number of allylic oxidation sites excluding steroid dienone is 4. The zero-order valence-corrected chi connectivity index (χ0v) is 35.3. The van der Waals surface area contributed by atoms with Crippen LogP contribution in [0.2, 0.25) is 0 Å². The molecule has 2 bridgehead atoms. The lowest BCUT2D eigenvalue weighted by atomic mass is 9.81. The largest absolute Gasteiger partial charge is 0.456 e. The summed E-state index contributed by atoms with van der Waals surface area (Å²) in [5.74, 6) is -7.42. The quantitative estimate of drug-likeness (QED) is 0.159. The van der Waals surface area contributed by atoms with E-state index in [0.29, 0.717) is 56.9 Å². The SMILES string of the molecule is [2H]O[C@H]1CC(=O)[C@H](CC=C)/C=C(\C)C[C@H](C)C[C@H](OC)[C@H]2O[C@@](O[2H])(C(=O)C(=O)N3CCCCC3C(=O)O[C@H](/C(C)=C/[C@@H]3CC[C@@H](O[2H])[C@H](OC)C3)[C@@H]1C)[C@H](C)C[C@@H]2OC. The van der Waals surface area contributed by atoms with Crippen molar-refractivity contribution in [3.8, 4) is 0 Å². The van der Waals surface area contributed by atoms with Gasteiger partial charge in [0.25, 0.3) is 11.7 Å². The summed E-state index contributed by atoms with van der Waals surface area (Å²) in [6.07, 6.45) is 5.47. The standard InChI is InChI=1S/C44H69NO12/c1-10-13-31-19-25(2)18-26(3)20-37(54-8)40-38(55-9)22-28(5)44(52,57-40)41(49)42(50)45-17-12-11-14-32(45)43(51)56-39(29(6)34(47)24-35(31)48)27(4)21-30-15-16-33(46)36(23-30)53-7/h10,19,21,26,28-34,36-40,46-47,52H,1,11-18,20,22-24H2,2-9H3/b25-19+,27-21+/t26-,28+,29+,30-,31+,32?,33+,34-,36+,37-,38-,39+,40+,44+/m0/s1/i46D,47D,52D. The zero-order chi connectivity index (χ0) is 44.3. The number of amides is 1. The fraction of sp³-hybridized carbons (Fsp3) is 0.773. The van der Waals surface area contributed by atoms with E-state index in [1.54, 1.807) is 27.0 Å². The van der Waals surface area contributed by atoms with Gasteiger partial charge in [-0.3, -0.25) is 14.4 Å². The molecule has 0 aromatic heterocycles. The van der Waals surface area contributed by atoms with Crippen molar-refractivity contribution < 1.29 is 58.2 Å². The van der Waals surface area contributed by atoms with E-state index in [4.69, 9.17) is 43.3 Å². The molecule has 2 saturated heterocycles. The summed E-state index contributed by atoms with van der Waals surface area (Å²) < 4.78 is 54.1. The number of ketones is 2. The molecule has 3 aliphatic heterocycles. The molecule has 0 aromatic rings. The van der Waals surface area contributed by atoms with Crippen LogP contribution in [0.4, 0.5) is 0 Å². The van der Waals surface area contributed by atoms with Crippen LogP contribution in [0.1, 0.15) is 105 Å². The average molecular weight is 807 g/mol. The highest BCUT2D eigenvalue weighted by Crippen LogP contribution is 2.39. The van der Waals surface area contributed by atoms with Crippen LogP contribution in [0.25, 0.3) is 0 Å². The maximum atomic E-state index is 14.5. The molecule has 3 heterocycles. The number of rotatable bonds is 10. The van der Waals surface area contributed by atoms with Crippen LogP contribution in [0.5, 0.6) is 0 Å². The first-order valence-corrected chi connectivity index (χ1v) is 20.8. The van der Waals surface area contributed by atoms with Crippen molar-refractivity contribution in [1.82, 2.24) is 4.90 Å². The van der Waals surface area contributed by atoms with Crippen molar-refractivity contribution in [1.29, 1.82) is 4.29 Å². The third-order valence-electron chi connectivity index (χ3n) is 12.8. The molecule has 322 valence electrons. The first-order chi connectivity index (χ1) is 28.6. The predicted molar refractivity (Wildman–Crippen MR) is 213 cm³/mol. The highest BCUT2D eigenvalue weighted by atomic mass is 16.7. The van der Waals surface area contributed by atoms with Gasteiger partial charge >= 0.3 is 5.97 Å². The van der Waals surface area contributed by atoms with Crippen LogP contribution in [0.3, 0.4) is 0 Å². The molecule has 4 aliphatic rings. The lowest BCUT2D eigenvalue weighted by Gasteiger charge is -2.47. The Morgan fingerprint density at radius 1 is 0.965 bits per heavy atom. The number of aliphatic hydroxyl groups is 3. The number of ether oxygens (including phenoxy) is 5. The van der Waals surface area contributed by atoms with Gasteiger partial charge in [0, 0.05) is 52.0 Å². The van der Waals surface area contributed by atoms with Crippen molar-refractivity contribution >= 4 is 23.4 Å². The molecule has 3 fully saturated rings. The molecule has 0 aromatic carbocycles. The topological polar surface area (TPSA) is 178 Å². The third-order valence-corrected chi connectivity index (χ3v) is 12.8. The zero-order valence-electron chi connectivity index (χ0n) is 38.3. The molecule has 13 nitrogen and oxygen atoms in total. The van der Waals surface area contributed by atoms with Gasteiger partial charge in [-0.15, -0.1) is 6.58 Å². The van der Waals surface area contributed by atoms with E-state index in [2.05, 4.69) is 6.58 Å². The summed E-state index contributed by atoms with van der Waals surface area (Å²) in [7, 11) is 4.63. The highest BCUT2D eigenvalue weighted by Gasteiger charge is 2.56. The van der Waals surface area contributed by atoms with E-state index in [-0.39, 0.29) is 55.6 Å². The molecule has 1 amide bonds. The third kappa shape index (κ3) is 11.3. The van der Waals surface area contributed by atoms with Crippen molar-refractivity contribution in [3.05, 3.63) is 36.0 Å². The maximum absolute atomic E-state index is 14.5. The fourth-order valence-corrected chi connectivity index (χ4v) is 9.38. The van der Waals surface area contributed by atoms with Crippen LogP contribution in [-0.4, -0.2) is 130 Å². The van der Waals surface area contributed by atoms with Gasteiger partial charge in [0.15, 0.2) is 0 Å². The fourth-order valence-electron chi connectivity index (χ4n) is 9.38. The minimum atomic E-state index is -2.31. The Hall–Kier alpha value is -2.78. The van der Waals surface area contributed by atoms with E-state index in [0.717, 1.165) is 5.57 Å². The van der Waals surface area contributed by atoms with Gasteiger partial charge in [-0.05, 0) is 95.5 Å².